The predicted octanol–water partition coefficient (Wildman–Crippen LogP) is 3.73. The first-order valence-electron chi connectivity index (χ1n) is 9.19. The topological polar surface area (TPSA) is 83.0 Å². The molecule has 9 heteroatoms. The Kier molecular flexibility index (Phi) is 6.62. The van der Waals surface area contributed by atoms with Crippen molar-refractivity contribution < 1.29 is 13.5 Å². The number of aromatic nitrogens is 3. The van der Waals surface area contributed by atoms with Crippen LogP contribution in [0.5, 0.6) is 5.75 Å². The molecule has 2 heterocycles. The molecule has 0 saturated carbocycles. The molecular formula is C22H19ClF2N4O2. The molecule has 31 heavy (non-hydrogen) atoms. The van der Waals surface area contributed by atoms with Crippen LogP contribution in [0.4, 0.5) is 8.78 Å². The van der Waals surface area contributed by atoms with Gasteiger partial charge in [-0.3, -0.25) is 9.36 Å². The molecule has 2 N–H and O–H groups in total. The summed E-state index contributed by atoms with van der Waals surface area (Å²) in [7, 11) is 1.55. The second-order valence-electron chi connectivity index (χ2n) is 6.77. The fourth-order valence-electron chi connectivity index (χ4n) is 3.34. The zero-order valence-electron chi connectivity index (χ0n) is 16.5. The van der Waals surface area contributed by atoms with Crippen molar-refractivity contribution in [3.63, 3.8) is 0 Å². The molecule has 0 aliphatic heterocycles. The van der Waals surface area contributed by atoms with E-state index in [0.29, 0.717) is 22.4 Å². The maximum Gasteiger partial charge on any atom is 0.267 e. The number of pyridine rings is 1. The monoisotopic (exact) mass is 444 g/mol. The third-order valence-corrected chi connectivity index (χ3v) is 4.71. The van der Waals surface area contributed by atoms with Crippen LogP contribution in [0, 0.1) is 11.6 Å². The Morgan fingerprint density at radius 3 is 2.42 bits per heavy atom. The highest BCUT2D eigenvalue weighted by molar-refractivity contribution is 5.85. The number of nitrogens with two attached hydrogens (primary N) is 1. The highest BCUT2D eigenvalue weighted by atomic mass is 35.5. The lowest BCUT2D eigenvalue weighted by molar-refractivity contribution is 0.414. The third kappa shape index (κ3) is 4.55. The van der Waals surface area contributed by atoms with Gasteiger partial charge in [-0.05, 0) is 60.5 Å². The molecule has 0 spiro atoms. The van der Waals surface area contributed by atoms with Crippen LogP contribution in [0.25, 0.3) is 16.7 Å². The van der Waals surface area contributed by atoms with Gasteiger partial charge in [-0.1, -0.05) is 0 Å². The molecule has 0 unspecified atom stereocenters. The zero-order chi connectivity index (χ0) is 21.3. The summed E-state index contributed by atoms with van der Waals surface area (Å²) in [5.74, 6) is -0.528. The summed E-state index contributed by atoms with van der Waals surface area (Å²) in [4.78, 5) is 21.9. The number of hydrogen-bond donors (Lipinski definition) is 1. The van der Waals surface area contributed by atoms with Crippen LogP contribution in [0.15, 0.2) is 65.6 Å². The molecule has 0 aliphatic carbocycles. The van der Waals surface area contributed by atoms with E-state index >= 15 is 0 Å². The van der Waals surface area contributed by atoms with Gasteiger partial charge in [0.2, 0.25) is 0 Å². The molecule has 0 bridgehead atoms. The first-order chi connectivity index (χ1) is 14.5. The number of hydrogen-bond acceptors (Lipinski definition) is 5. The zero-order valence-corrected chi connectivity index (χ0v) is 17.3. The van der Waals surface area contributed by atoms with Crippen molar-refractivity contribution in [3.8, 4) is 11.4 Å². The maximum atomic E-state index is 13.6. The molecule has 2 aromatic heterocycles. The lowest BCUT2D eigenvalue weighted by Crippen LogP contribution is -2.29. The summed E-state index contributed by atoms with van der Waals surface area (Å²) in [5, 5.41) is 0.334. The van der Waals surface area contributed by atoms with Gasteiger partial charge < -0.3 is 10.5 Å². The minimum atomic E-state index is -0.813. The molecular weight excluding hydrogens is 426 g/mol. The Bertz CT molecular complexity index is 1260. The molecule has 6 nitrogen and oxygen atoms in total. The van der Waals surface area contributed by atoms with Gasteiger partial charge in [0.15, 0.2) is 5.65 Å². The number of methoxy groups -OCH3 is 1. The highest BCUT2D eigenvalue weighted by Gasteiger charge is 2.20. The molecule has 0 fully saturated rings. The first kappa shape index (κ1) is 22.3. The van der Waals surface area contributed by atoms with Crippen molar-refractivity contribution in [2.45, 2.75) is 12.5 Å². The number of benzene rings is 2. The SMILES string of the molecule is COc1ccc(-n2c([C@@H](N)Cc3cc(F)cc(F)c3)nc3ncccc3c2=O)cc1.Cl. The van der Waals surface area contributed by atoms with Crippen LogP contribution in [-0.4, -0.2) is 21.6 Å². The first-order valence-corrected chi connectivity index (χ1v) is 9.19. The average Bonchev–Trinajstić information content (AvgIpc) is 2.73. The fraction of sp³-hybridized carbons (Fsp3) is 0.136. The Hall–Kier alpha value is -3.36. The van der Waals surface area contributed by atoms with E-state index in [2.05, 4.69) is 9.97 Å². The van der Waals surface area contributed by atoms with E-state index in [4.69, 9.17) is 10.5 Å². The summed E-state index contributed by atoms with van der Waals surface area (Å²) in [6.07, 6.45) is 1.61. The lowest BCUT2D eigenvalue weighted by Gasteiger charge is -2.18. The van der Waals surface area contributed by atoms with E-state index in [1.807, 2.05) is 0 Å². The molecule has 0 amide bonds. The van der Waals surface area contributed by atoms with Gasteiger partial charge in [0, 0.05) is 12.3 Å². The van der Waals surface area contributed by atoms with Crippen molar-refractivity contribution >= 4 is 23.4 Å². The second kappa shape index (κ2) is 9.20. The number of nitrogens with zero attached hydrogens (tertiary/aromatic N) is 3. The minimum absolute atomic E-state index is 0. The van der Waals surface area contributed by atoms with Crippen LogP contribution >= 0.6 is 12.4 Å². The summed E-state index contributed by atoms with van der Waals surface area (Å²) >= 11 is 0. The maximum absolute atomic E-state index is 13.6. The van der Waals surface area contributed by atoms with Gasteiger partial charge in [0.1, 0.15) is 23.2 Å². The van der Waals surface area contributed by atoms with Crippen LogP contribution in [-0.2, 0) is 6.42 Å². The number of fused-ring (bicyclic) bond motifs is 1. The van der Waals surface area contributed by atoms with Gasteiger partial charge in [-0.15, -0.1) is 12.4 Å². The lowest BCUT2D eigenvalue weighted by atomic mass is 10.0. The van der Waals surface area contributed by atoms with E-state index in [-0.39, 0.29) is 35.9 Å². The van der Waals surface area contributed by atoms with E-state index in [1.54, 1.807) is 43.5 Å². The van der Waals surface area contributed by atoms with Crippen molar-refractivity contribution in [1.82, 2.24) is 14.5 Å². The van der Waals surface area contributed by atoms with E-state index in [9.17, 15) is 13.6 Å². The summed E-state index contributed by atoms with van der Waals surface area (Å²) in [5.41, 5.74) is 7.17. The predicted molar refractivity (Wildman–Crippen MR) is 116 cm³/mol. The average molecular weight is 445 g/mol. The van der Waals surface area contributed by atoms with Gasteiger partial charge >= 0.3 is 0 Å². The largest absolute Gasteiger partial charge is 0.497 e. The van der Waals surface area contributed by atoms with Crippen LogP contribution in [0.3, 0.4) is 0 Å². The highest BCUT2D eigenvalue weighted by Crippen LogP contribution is 2.21. The molecule has 0 radical (unpaired) electrons. The Morgan fingerprint density at radius 2 is 1.77 bits per heavy atom. The van der Waals surface area contributed by atoms with Crippen molar-refractivity contribution in [2.24, 2.45) is 5.73 Å². The van der Waals surface area contributed by atoms with Crippen molar-refractivity contribution in [2.75, 3.05) is 7.11 Å². The Labute approximate surface area is 182 Å². The fourth-order valence-corrected chi connectivity index (χ4v) is 3.34. The smallest absolute Gasteiger partial charge is 0.267 e. The number of ether oxygens (including phenoxy) is 1. The molecule has 0 saturated heterocycles. The normalized spacial score (nSPS) is 11.7. The van der Waals surface area contributed by atoms with Gasteiger partial charge in [-0.25, -0.2) is 18.7 Å². The third-order valence-electron chi connectivity index (χ3n) is 4.71. The number of rotatable bonds is 5. The second-order valence-corrected chi connectivity index (χ2v) is 6.77. The van der Waals surface area contributed by atoms with Crippen LogP contribution in [0.1, 0.15) is 17.4 Å². The summed E-state index contributed by atoms with van der Waals surface area (Å²) < 4.78 is 33.8. The van der Waals surface area contributed by atoms with Crippen LogP contribution < -0.4 is 16.0 Å². The standard InChI is InChI=1S/C22H18F2N4O2.ClH/c1-30-17-6-4-16(5-7-17)28-21(27-20-18(22(28)29)3-2-8-26-20)19(25)11-13-9-14(23)12-15(24)10-13;/h2-10,12,19H,11,25H2,1H3;1H/t19-;/m0./s1. The molecule has 2 aromatic carbocycles. The molecule has 4 rings (SSSR count). The Morgan fingerprint density at radius 1 is 1.10 bits per heavy atom. The van der Waals surface area contributed by atoms with E-state index in [1.165, 1.54) is 22.9 Å². The molecule has 4 aromatic rings. The molecule has 1 atom stereocenters. The minimum Gasteiger partial charge on any atom is -0.497 e. The van der Waals surface area contributed by atoms with Crippen LogP contribution in [0.2, 0.25) is 0 Å². The molecule has 0 aliphatic rings. The summed E-state index contributed by atoms with van der Waals surface area (Å²) in [6, 6.07) is 12.5. The van der Waals surface area contributed by atoms with Gasteiger partial charge in [0.25, 0.3) is 5.56 Å². The quantitative estimate of drug-likeness (QED) is 0.507. The van der Waals surface area contributed by atoms with E-state index in [0.717, 1.165) is 6.07 Å². The summed E-state index contributed by atoms with van der Waals surface area (Å²) in [6.45, 7) is 0. The van der Waals surface area contributed by atoms with Gasteiger partial charge in [0.05, 0.1) is 24.2 Å². The molecule has 160 valence electrons. The van der Waals surface area contributed by atoms with Crippen molar-refractivity contribution in [3.05, 3.63) is 94.2 Å². The Balaban J connectivity index is 0.00000272. The van der Waals surface area contributed by atoms with Crippen molar-refractivity contribution in [1.29, 1.82) is 0 Å². The number of halogens is 3. The van der Waals surface area contributed by atoms with Gasteiger partial charge in [-0.2, -0.15) is 0 Å². The van der Waals surface area contributed by atoms with E-state index < -0.39 is 17.7 Å².